The molecule has 1 saturated carbocycles. The molecule has 1 heterocycles. The molecule has 2 aromatic carbocycles. The summed E-state index contributed by atoms with van der Waals surface area (Å²) >= 11 is 0. The van der Waals surface area contributed by atoms with Gasteiger partial charge in [0.15, 0.2) is 5.78 Å². The quantitative estimate of drug-likeness (QED) is 0.572. The van der Waals surface area contributed by atoms with Crippen LogP contribution in [-0.2, 0) is 4.79 Å². The third-order valence-electron chi connectivity index (χ3n) is 6.30. The summed E-state index contributed by atoms with van der Waals surface area (Å²) in [4.78, 5) is 51.5. The van der Waals surface area contributed by atoms with Crippen LogP contribution in [0.1, 0.15) is 53.3 Å². The van der Waals surface area contributed by atoms with E-state index in [1.165, 1.54) is 0 Å². The number of carbonyl (C=O) groups excluding carboxylic acids is 4. The molecule has 4 rings (SSSR count). The average molecular weight is 419 g/mol. The molecule has 2 fully saturated rings. The van der Waals surface area contributed by atoms with Gasteiger partial charge >= 0.3 is 6.03 Å². The van der Waals surface area contributed by atoms with Crippen molar-refractivity contribution in [2.24, 2.45) is 5.92 Å². The van der Waals surface area contributed by atoms with Crippen LogP contribution in [0, 0.1) is 5.92 Å². The minimum Gasteiger partial charge on any atom is -0.323 e. The Bertz CT molecular complexity index is 1020. The number of amides is 4. The van der Waals surface area contributed by atoms with Crippen LogP contribution in [-0.4, -0.2) is 40.6 Å². The van der Waals surface area contributed by atoms with Gasteiger partial charge in [0.05, 0.1) is 6.54 Å². The van der Waals surface area contributed by atoms with Crippen LogP contribution in [0.15, 0.2) is 54.6 Å². The second-order valence-corrected chi connectivity index (χ2v) is 8.26. The fourth-order valence-electron chi connectivity index (χ4n) is 4.41. The molecule has 0 bridgehead atoms. The van der Waals surface area contributed by atoms with Crippen molar-refractivity contribution in [3.63, 3.8) is 0 Å². The van der Waals surface area contributed by atoms with Gasteiger partial charge in [-0.25, -0.2) is 4.79 Å². The highest BCUT2D eigenvalue weighted by Crippen LogP contribution is 2.38. The Morgan fingerprint density at radius 3 is 2.42 bits per heavy atom. The number of benzene rings is 2. The summed E-state index contributed by atoms with van der Waals surface area (Å²) in [6, 6.07) is 14.8. The molecular weight excluding hydrogens is 394 g/mol. The number of Topliss-reactive ketones (excluding diaryl/α,β-unsaturated/α-hetero) is 1. The number of nitrogens with zero attached hydrogens (tertiary/aromatic N) is 1. The molecule has 2 N–H and O–H groups in total. The van der Waals surface area contributed by atoms with Gasteiger partial charge in [-0.15, -0.1) is 0 Å². The standard InChI is InChI=1S/C24H25N3O4/c1-16-7-5-6-14-24(16)22(30)27(23(31)26-24)15-20(28)17-10-12-19(13-11-17)25-21(29)18-8-3-2-4-9-18/h2-4,8-13,16H,5-7,14-15H2,1H3,(H,25,29)(H,26,31)/t16-,24+/m1/s1. The first kappa shape index (κ1) is 20.8. The largest absolute Gasteiger partial charge is 0.325 e. The number of anilines is 1. The molecule has 160 valence electrons. The Kier molecular flexibility index (Phi) is 5.59. The fourth-order valence-corrected chi connectivity index (χ4v) is 4.41. The van der Waals surface area contributed by atoms with Gasteiger partial charge in [0.25, 0.3) is 11.8 Å². The Morgan fingerprint density at radius 2 is 1.74 bits per heavy atom. The fraction of sp³-hybridized carbons (Fsp3) is 0.333. The number of urea groups is 1. The molecule has 7 nitrogen and oxygen atoms in total. The molecule has 1 spiro atoms. The van der Waals surface area contributed by atoms with E-state index in [1.54, 1.807) is 48.5 Å². The third-order valence-corrected chi connectivity index (χ3v) is 6.30. The third kappa shape index (κ3) is 3.95. The van der Waals surface area contributed by atoms with Crippen molar-refractivity contribution < 1.29 is 19.2 Å². The van der Waals surface area contributed by atoms with E-state index in [4.69, 9.17) is 0 Å². The lowest BCUT2D eigenvalue weighted by Gasteiger charge is -2.36. The highest BCUT2D eigenvalue weighted by molar-refractivity contribution is 6.11. The lowest BCUT2D eigenvalue weighted by atomic mass is 9.73. The Morgan fingerprint density at radius 1 is 1.03 bits per heavy atom. The molecule has 2 aromatic rings. The summed E-state index contributed by atoms with van der Waals surface area (Å²) in [7, 11) is 0. The van der Waals surface area contributed by atoms with E-state index >= 15 is 0 Å². The van der Waals surface area contributed by atoms with Crippen LogP contribution in [0.3, 0.4) is 0 Å². The highest BCUT2D eigenvalue weighted by atomic mass is 16.2. The lowest BCUT2D eigenvalue weighted by molar-refractivity contribution is -0.133. The molecule has 0 aromatic heterocycles. The Labute approximate surface area is 180 Å². The SMILES string of the molecule is C[C@@H]1CCCC[C@]12NC(=O)N(CC(=O)c1ccc(NC(=O)c3ccccc3)cc1)C2=O. The van der Waals surface area contributed by atoms with Crippen LogP contribution in [0.2, 0.25) is 0 Å². The Balaban J connectivity index is 1.41. The van der Waals surface area contributed by atoms with Crippen LogP contribution < -0.4 is 10.6 Å². The van der Waals surface area contributed by atoms with Gasteiger partial charge < -0.3 is 10.6 Å². The zero-order valence-electron chi connectivity index (χ0n) is 17.4. The molecule has 1 aliphatic heterocycles. The van der Waals surface area contributed by atoms with Crippen molar-refractivity contribution in [2.45, 2.75) is 38.1 Å². The van der Waals surface area contributed by atoms with Gasteiger partial charge in [0.2, 0.25) is 0 Å². The van der Waals surface area contributed by atoms with Gasteiger partial charge in [-0.1, -0.05) is 38.0 Å². The maximum absolute atomic E-state index is 13.0. The van der Waals surface area contributed by atoms with Crippen molar-refractivity contribution in [3.8, 4) is 0 Å². The molecule has 2 aliphatic rings. The smallest absolute Gasteiger partial charge is 0.323 e. The van der Waals surface area contributed by atoms with Crippen molar-refractivity contribution >= 4 is 29.3 Å². The predicted octanol–water partition coefficient (Wildman–Crippen LogP) is 3.62. The zero-order valence-corrected chi connectivity index (χ0v) is 17.4. The maximum Gasteiger partial charge on any atom is 0.325 e. The van der Waals surface area contributed by atoms with Crippen molar-refractivity contribution in [1.29, 1.82) is 0 Å². The first-order valence-corrected chi connectivity index (χ1v) is 10.5. The first-order valence-electron chi connectivity index (χ1n) is 10.5. The lowest BCUT2D eigenvalue weighted by Crippen LogP contribution is -2.54. The van der Waals surface area contributed by atoms with E-state index < -0.39 is 11.6 Å². The number of nitrogens with one attached hydrogen (secondary N) is 2. The Hall–Kier alpha value is -3.48. The topological polar surface area (TPSA) is 95.6 Å². The van der Waals surface area contributed by atoms with Crippen LogP contribution in [0.4, 0.5) is 10.5 Å². The minimum absolute atomic E-state index is 0.0466. The van der Waals surface area contributed by atoms with Crippen molar-refractivity contribution in [2.75, 3.05) is 11.9 Å². The normalized spacial score (nSPS) is 23.0. The van der Waals surface area contributed by atoms with Gasteiger partial charge in [-0.2, -0.15) is 0 Å². The van der Waals surface area contributed by atoms with E-state index in [-0.39, 0.29) is 30.1 Å². The van der Waals surface area contributed by atoms with Gasteiger partial charge in [-0.05, 0) is 55.2 Å². The van der Waals surface area contributed by atoms with E-state index in [0.717, 1.165) is 24.2 Å². The van der Waals surface area contributed by atoms with E-state index in [2.05, 4.69) is 10.6 Å². The first-order chi connectivity index (χ1) is 14.9. The minimum atomic E-state index is -0.874. The molecule has 1 aliphatic carbocycles. The summed E-state index contributed by atoms with van der Waals surface area (Å²) in [5.41, 5.74) is 0.583. The number of carbonyl (C=O) groups is 4. The van der Waals surface area contributed by atoms with E-state index in [0.29, 0.717) is 23.2 Å². The van der Waals surface area contributed by atoms with E-state index in [1.807, 2.05) is 13.0 Å². The van der Waals surface area contributed by atoms with Crippen LogP contribution in [0.5, 0.6) is 0 Å². The highest BCUT2D eigenvalue weighted by Gasteiger charge is 2.55. The van der Waals surface area contributed by atoms with Gasteiger partial charge in [-0.3, -0.25) is 19.3 Å². The van der Waals surface area contributed by atoms with Crippen molar-refractivity contribution in [1.82, 2.24) is 10.2 Å². The molecule has 7 heteroatoms. The molecular formula is C24H25N3O4. The summed E-state index contributed by atoms with van der Waals surface area (Å²) in [6.45, 7) is 1.68. The van der Waals surface area contributed by atoms with E-state index in [9.17, 15) is 19.2 Å². The molecule has 0 unspecified atom stereocenters. The number of imide groups is 1. The molecule has 2 atom stereocenters. The number of ketones is 1. The summed E-state index contributed by atoms with van der Waals surface area (Å²) in [5, 5.41) is 5.64. The predicted molar refractivity (Wildman–Crippen MR) is 116 cm³/mol. The summed E-state index contributed by atoms with van der Waals surface area (Å²) < 4.78 is 0. The average Bonchev–Trinajstić information content (AvgIpc) is 3.01. The number of hydrogen-bond donors (Lipinski definition) is 2. The molecule has 1 saturated heterocycles. The monoisotopic (exact) mass is 419 g/mol. The zero-order chi connectivity index (χ0) is 22.0. The maximum atomic E-state index is 13.0. The second kappa shape index (κ2) is 8.34. The number of rotatable bonds is 5. The summed E-state index contributed by atoms with van der Waals surface area (Å²) in [5.74, 6) is -0.828. The van der Waals surface area contributed by atoms with Crippen LogP contribution in [0.25, 0.3) is 0 Å². The second-order valence-electron chi connectivity index (χ2n) is 8.26. The van der Waals surface area contributed by atoms with Gasteiger partial charge in [0, 0.05) is 16.8 Å². The van der Waals surface area contributed by atoms with Gasteiger partial charge in [0.1, 0.15) is 5.54 Å². The molecule has 4 amide bonds. The summed E-state index contributed by atoms with van der Waals surface area (Å²) in [6.07, 6.45) is 3.41. The van der Waals surface area contributed by atoms with Crippen molar-refractivity contribution in [3.05, 3.63) is 65.7 Å². The molecule has 0 radical (unpaired) electrons. The van der Waals surface area contributed by atoms with Crippen LogP contribution >= 0.6 is 0 Å². The molecule has 31 heavy (non-hydrogen) atoms. The number of hydrogen-bond acceptors (Lipinski definition) is 4.